The van der Waals surface area contributed by atoms with E-state index in [1.165, 1.54) is 6.07 Å². The summed E-state index contributed by atoms with van der Waals surface area (Å²) in [4.78, 5) is 0.156. The minimum Gasteiger partial charge on any atom is -0.398 e. The molecule has 6 heteroatoms. The Labute approximate surface area is 107 Å². The Morgan fingerprint density at radius 1 is 1.35 bits per heavy atom. The van der Waals surface area contributed by atoms with Gasteiger partial charge in [0, 0.05) is 6.54 Å². The molecule has 0 heterocycles. The summed E-state index contributed by atoms with van der Waals surface area (Å²) in [6, 6.07) is 6.48. The molecule has 0 amide bonds. The highest BCUT2D eigenvalue weighted by molar-refractivity contribution is 7.99. The minimum atomic E-state index is -3.46. The molecule has 1 aromatic rings. The van der Waals surface area contributed by atoms with Crippen LogP contribution in [-0.2, 0) is 10.0 Å². The zero-order valence-corrected chi connectivity index (χ0v) is 11.5. The van der Waals surface area contributed by atoms with E-state index < -0.39 is 10.0 Å². The van der Waals surface area contributed by atoms with Gasteiger partial charge in [-0.3, -0.25) is 0 Å². The third-order valence-electron chi connectivity index (χ3n) is 2.17. The standard InChI is InChI=1S/C11H18N2O2S2/c1-2-16-9-5-8-13-17(14,15)11-7-4-3-6-10(11)12/h3-4,6-7,13H,2,5,8-9,12H2,1H3. The van der Waals surface area contributed by atoms with Crippen molar-refractivity contribution < 1.29 is 8.42 Å². The fraction of sp³-hybridized carbons (Fsp3) is 0.455. The molecule has 0 saturated carbocycles. The van der Waals surface area contributed by atoms with Crippen molar-refractivity contribution in [2.45, 2.75) is 18.2 Å². The summed E-state index contributed by atoms with van der Waals surface area (Å²) in [5, 5.41) is 0. The normalized spacial score (nSPS) is 11.6. The molecule has 0 aliphatic rings. The molecular formula is C11H18N2O2S2. The Hall–Kier alpha value is -0.720. The predicted octanol–water partition coefficient (Wildman–Crippen LogP) is 1.69. The Kier molecular flexibility index (Phi) is 5.80. The Morgan fingerprint density at radius 3 is 2.71 bits per heavy atom. The van der Waals surface area contributed by atoms with E-state index in [0.717, 1.165) is 17.9 Å². The van der Waals surface area contributed by atoms with Gasteiger partial charge in [0.25, 0.3) is 0 Å². The number of hydrogen-bond donors (Lipinski definition) is 2. The van der Waals surface area contributed by atoms with Gasteiger partial charge in [0.2, 0.25) is 10.0 Å². The second kappa shape index (κ2) is 6.88. The predicted molar refractivity (Wildman–Crippen MR) is 73.7 cm³/mol. The van der Waals surface area contributed by atoms with E-state index in [4.69, 9.17) is 5.73 Å². The maximum absolute atomic E-state index is 11.9. The van der Waals surface area contributed by atoms with Gasteiger partial charge < -0.3 is 5.73 Å². The van der Waals surface area contributed by atoms with E-state index in [9.17, 15) is 8.42 Å². The van der Waals surface area contributed by atoms with Gasteiger partial charge in [-0.25, -0.2) is 13.1 Å². The molecule has 0 fully saturated rings. The summed E-state index contributed by atoms with van der Waals surface area (Å²) in [6.07, 6.45) is 0.824. The Morgan fingerprint density at radius 2 is 2.06 bits per heavy atom. The smallest absolute Gasteiger partial charge is 0.242 e. The van der Waals surface area contributed by atoms with Gasteiger partial charge in [-0.2, -0.15) is 11.8 Å². The van der Waals surface area contributed by atoms with Crippen LogP contribution in [0.5, 0.6) is 0 Å². The van der Waals surface area contributed by atoms with Crippen molar-refractivity contribution in [2.75, 3.05) is 23.8 Å². The van der Waals surface area contributed by atoms with Gasteiger partial charge in [0.05, 0.1) is 5.69 Å². The van der Waals surface area contributed by atoms with Crippen LogP contribution in [0.3, 0.4) is 0 Å². The molecule has 0 unspecified atom stereocenters. The SMILES string of the molecule is CCSCCCNS(=O)(=O)c1ccccc1N. The molecule has 4 nitrogen and oxygen atoms in total. The fourth-order valence-corrected chi connectivity index (χ4v) is 3.17. The highest BCUT2D eigenvalue weighted by Crippen LogP contribution is 2.16. The summed E-state index contributed by atoms with van der Waals surface area (Å²) in [5.74, 6) is 2.02. The van der Waals surface area contributed by atoms with Gasteiger partial charge in [-0.05, 0) is 30.1 Å². The first-order valence-corrected chi connectivity index (χ1v) is 8.13. The second-order valence-electron chi connectivity index (χ2n) is 3.49. The summed E-state index contributed by atoms with van der Waals surface area (Å²) in [5.41, 5.74) is 5.92. The molecule has 0 aromatic heterocycles. The largest absolute Gasteiger partial charge is 0.398 e. The monoisotopic (exact) mass is 274 g/mol. The molecule has 0 bridgehead atoms. The molecule has 17 heavy (non-hydrogen) atoms. The Balaban J connectivity index is 2.55. The van der Waals surface area contributed by atoms with E-state index in [-0.39, 0.29) is 10.6 Å². The molecule has 3 N–H and O–H groups in total. The number of para-hydroxylation sites is 1. The zero-order valence-electron chi connectivity index (χ0n) is 9.85. The maximum atomic E-state index is 11.9. The molecule has 0 aliphatic carbocycles. The lowest BCUT2D eigenvalue weighted by atomic mass is 10.3. The molecule has 96 valence electrons. The summed E-state index contributed by atoms with van der Waals surface area (Å²) in [7, 11) is -3.46. The van der Waals surface area contributed by atoms with Crippen molar-refractivity contribution in [2.24, 2.45) is 0 Å². The second-order valence-corrected chi connectivity index (χ2v) is 6.62. The average Bonchev–Trinajstić information content (AvgIpc) is 2.29. The van der Waals surface area contributed by atoms with Gasteiger partial charge >= 0.3 is 0 Å². The quantitative estimate of drug-likeness (QED) is 0.586. The van der Waals surface area contributed by atoms with E-state index in [1.807, 2.05) is 0 Å². The van der Waals surface area contributed by atoms with Crippen LogP contribution in [0.15, 0.2) is 29.2 Å². The molecule has 0 aliphatic heterocycles. The number of anilines is 1. The first-order valence-electron chi connectivity index (χ1n) is 5.50. The molecule has 0 atom stereocenters. The van der Waals surface area contributed by atoms with Gasteiger partial charge in [0.1, 0.15) is 4.90 Å². The molecule has 0 radical (unpaired) electrons. The lowest BCUT2D eigenvalue weighted by Crippen LogP contribution is -2.25. The van der Waals surface area contributed by atoms with Crippen molar-refractivity contribution in [1.29, 1.82) is 0 Å². The topological polar surface area (TPSA) is 72.2 Å². The van der Waals surface area contributed by atoms with E-state index in [2.05, 4.69) is 11.6 Å². The first kappa shape index (κ1) is 14.3. The maximum Gasteiger partial charge on any atom is 0.242 e. The number of rotatable bonds is 7. The van der Waals surface area contributed by atoms with Crippen molar-refractivity contribution in [3.8, 4) is 0 Å². The first-order chi connectivity index (χ1) is 8.08. The van der Waals surface area contributed by atoms with E-state index in [0.29, 0.717) is 6.54 Å². The number of nitrogens with one attached hydrogen (secondary N) is 1. The van der Waals surface area contributed by atoms with E-state index in [1.54, 1.807) is 30.0 Å². The Bertz CT molecular complexity index is 447. The lowest BCUT2D eigenvalue weighted by molar-refractivity contribution is 0.581. The van der Waals surface area contributed by atoms with Crippen LogP contribution in [0.1, 0.15) is 13.3 Å². The number of nitrogens with two attached hydrogens (primary N) is 1. The molecule has 1 rings (SSSR count). The van der Waals surface area contributed by atoms with Crippen LogP contribution in [-0.4, -0.2) is 26.5 Å². The van der Waals surface area contributed by atoms with Crippen molar-refractivity contribution in [3.63, 3.8) is 0 Å². The van der Waals surface area contributed by atoms with Crippen LogP contribution < -0.4 is 10.5 Å². The van der Waals surface area contributed by atoms with Crippen molar-refractivity contribution in [1.82, 2.24) is 4.72 Å². The van der Waals surface area contributed by atoms with Gasteiger partial charge in [0.15, 0.2) is 0 Å². The van der Waals surface area contributed by atoms with Crippen LogP contribution in [0.25, 0.3) is 0 Å². The van der Waals surface area contributed by atoms with Crippen LogP contribution in [0.2, 0.25) is 0 Å². The summed E-state index contributed by atoms with van der Waals surface area (Å²) >= 11 is 1.80. The third kappa shape index (κ3) is 4.57. The highest BCUT2D eigenvalue weighted by Gasteiger charge is 2.15. The van der Waals surface area contributed by atoms with Crippen LogP contribution in [0, 0.1) is 0 Å². The fourth-order valence-electron chi connectivity index (χ4n) is 1.33. The average molecular weight is 274 g/mol. The number of hydrogen-bond acceptors (Lipinski definition) is 4. The lowest BCUT2D eigenvalue weighted by Gasteiger charge is -2.08. The van der Waals surface area contributed by atoms with Crippen LogP contribution >= 0.6 is 11.8 Å². The highest BCUT2D eigenvalue weighted by atomic mass is 32.2. The van der Waals surface area contributed by atoms with Crippen molar-refractivity contribution >= 4 is 27.5 Å². The summed E-state index contributed by atoms with van der Waals surface area (Å²) < 4.78 is 26.3. The third-order valence-corrected chi connectivity index (χ3v) is 4.69. The van der Waals surface area contributed by atoms with Gasteiger partial charge in [-0.15, -0.1) is 0 Å². The number of thioether (sulfide) groups is 1. The van der Waals surface area contributed by atoms with Gasteiger partial charge in [-0.1, -0.05) is 19.1 Å². The molecule has 0 saturated heterocycles. The number of benzene rings is 1. The molecular weight excluding hydrogens is 256 g/mol. The summed E-state index contributed by atoms with van der Waals surface area (Å²) in [6.45, 7) is 2.53. The zero-order chi connectivity index (χ0) is 12.7. The van der Waals surface area contributed by atoms with Crippen molar-refractivity contribution in [3.05, 3.63) is 24.3 Å². The van der Waals surface area contributed by atoms with Crippen LogP contribution in [0.4, 0.5) is 5.69 Å². The van der Waals surface area contributed by atoms with E-state index >= 15 is 0 Å². The minimum absolute atomic E-state index is 0.156. The molecule has 0 spiro atoms. The molecule has 1 aromatic carbocycles. The number of sulfonamides is 1. The number of nitrogen functional groups attached to an aromatic ring is 1.